The summed E-state index contributed by atoms with van der Waals surface area (Å²) in [4.78, 5) is 28.1. The zero-order valence-electron chi connectivity index (χ0n) is 13.8. The fraction of sp³-hybridized carbons (Fsp3) is 0.438. The standard InChI is InChI=1S/C16H20FN3O3S/c1-4-5-12(20-16(22)23-3)14(21)18-9(2)15-19-11-7-6-10(17)8-13(11)24-15/h6-9,12H,4-5H2,1-3H3,(H,18,21)(H,20,22)/t9-,12+/m1/s1. The van der Waals surface area contributed by atoms with E-state index in [9.17, 15) is 14.0 Å². The van der Waals surface area contributed by atoms with Gasteiger partial charge in [0.1, 0.15) is 16.9 Å². The quantitative estimate of drug-likeness (QED) is 0.836. The molecule has 1 aromatic carbocycles. The number of alkyl carbamates (subject to hydrolysis) is 1. The van der Waals surface area contributed by atoms with Gasteiger partial charge >= 0.3 is 6.09 Å². The summed E-state index contributed by atoms with van der Waals surface area (Å²) in [6, 6.07) is 3.36. The third kappa shape index (κ3) is 4.41. The number of nitrogens with one attached hydrogen (secondary N) is 2. The first-order valence-electron chi connectivity index (χ1n) is 7.65. The van der Waals surface area contributed by atoms with Crippen molar-refractivity contribution in [1.82, 2.24) is 15.6 Å². The van der Waals surface area contributed by atoms with Crippen LogP contribution in [-0.4, -0.2) is 30.1 Å². The second kappa shape index (κ2) is 8.05. The molecule has 0 saturated carbocycles. The molecule has 0 aliphatic heterocycles. The topological polar surface area (TPSA) is 80.3 Å². The van der Waals surface area contributed by atoms with Gasteiger partial charge < -0.3 is 15.4 Å². The van der Waals surface area contributed by atoms with Crippen molar-refractivity contribution >= 4 is 33.6 Å². The molecule has 0 saturated heterocycles. The number of halogens is 1. The number of carbonyl (C=O) groups is 2. The van der Waals surface area contributed by atoms with E-state index in [1.165, 1.54) is 30.6 Å². The maximum atomic E-state index is 13.3. The smallest absolute Gasteiger partial charge is 0.407 e. The number of ether oxygens (including phenoxy) is 1. The van der Waals surface area contributed by atoms with Crippen molar-refractivity contribution in [3.8, 4) is 0 Å². The molecule has 0 fully saturated rings. The first-order chi connectivity index (χ1) is 11.4. The average molecular weight is 353 g/mol. The molecule has 0 spiro atoms. The molecule has 1 heterocycles. The van der Waals surface area contributed by atoms with E-state index in [1.54, 1.807) is 13.0 Å². The molecule has 8 heteroatoms. The van der Waals surface area contributed by atoms with Crippen LogP contribution < -0.4 is 10.6 Å². The number of fused-ring (bicyclic) bond motifs is 1. The Morgan fingerprint density at radius 2 is 2.12 bits per heavy atom. The normalized spacial score (nSPS) is 13.3. The Hall–Kier alpha value is -2.22. The number of benzene rings is 1. The summed E-state index contributed by atoms with van der Waals surface area (Å²) >= 11 is 1.33. The van der Waals surface area contributed by atoms with E-state index < -0.39 is 12.1 Å². The molecule has 2 rings (SSSR count). The van der Waals surface area contributed by atoms with Gasteiger partial charge in [-0.05, 0) is 31.5 Å². The number of amides is 2. The fourth-order valence-electron chi connectivity index (χ4n) is 2.24. The number of hydrogen-bond acceptors (Lipinski definition) is 5. The highest BCUT2D eigenvalue weighted by Crippen LogP contribution is 2.27. The van der Waals surface area contributed by atoms with Gasteiger partial charge in [-0.3, -0.25) is 4.79 Å². The maximum Gasteiger partial charge on any atom is 0.407 e. The lowest BCUT2D eigenvalue weighted by Crippen LogP contribution is -2.47. The molecule has 0 aliphatic rings. The van der Waals surface area contributed by atoms with Crippen molar-refractivity contribution in [3.05, 3.63) is 29.0 Å². The summed E-state index contributed by atoms with van der Waals surface area (Å²) < 4.78 is 18.5. The zero-order chi connectivity index (χ0) is 17.7. The number of aromatic nitrogens is 1. The van der Waals surface area contributed by atoms with E-state index in [0.29, 0.717) is 16.9 Å². The number of thiazole rings is 1. The number of nitrogens with zero attached hydrogens (tertiary/aromatic N) is 1. The molecule has 0 aliphatic carbocycles. The summed E-state index contributed by atoms with van der Waals surface area (Å²) in [6.45, 7) is 3.72. The Morgan fingerprint density at radius 1 is 1.38 bits per heavy atom. The average Bonchev–Trinajstić information content (AvgIpc) is 2.97. The van der Waals surface area contributed by atoms with Gasteiger partial charge in [-0.1, -0.05) is 13.3 Å². The van der Waals surface area contributed by atoms with E-state index in [1.807, 2.05) is 6.92 Å². The van der Waals surface area contributed by atoms with Crippen LogP contribution in [0.15, 0.2) is 18.2 Å². The van der Waals surface area contributed by atoms with Gasteiger partial charge in [0.05, 0.1) is 23.4 Å². The van der Waals surface area contributed by atoms with Crippen molar-refractivity contribution in [2.75, 3.05) is 7.11 Å². The Bertz CT molecular complexity index is 734. The number of hydrogen-bond donors (Lipinski definition) is 2. The molecular formula is C16H20FN3O3S. The van der Waals surface area contributed by atoms with Crippen LogP contribution in [0.3, 0.4) is 0 Å². The van der Waals surface area contributed by atoms with Crippen LogP contribution in [-0.2, 0) is 9.53 Å². The first kappa shape index (κ1) is 18.1. The molecule has 24 heavy (non-hydrogen) atoms. The van der Waals surface area contributed by atoms with Crippen LogP contribution in [0.2, 0.25) is 0 Å². The fourth-order valence-corrected chi connectivity index (χ4v) is 3.23. The van der Waals surface area contributed by atoms with Crippen LogP contribution in [0.25, 0.3) is 10.2 Å². The summed E-state index contributed by atoms with van der Waals surface area (Å²) in [7, 11) is 1.25. The van der Waals surface area contributed by atoms with Crippen LogP contribution in [0.1, 0.15) is 37.7 Å². The molecule has 0 radical (unpaired) electrons. The van der Waals surface area contributed by atoms with Gasteiger partial charge in [-0.25, -0.2) is 14.2 Å². The molecule has 6 nitrogen and oxygen atoms in total. The van der Waals surface area contributed by atoms with Gasteiger partial charge in [0.15, 0.2) is 0 Å². The monoisotopic (exact) mass is 353 g/mol. The summed E-state index contributed by atoms with van der Waals surface area (Å²) in [6.07, 6.45) is 0.585. The third-order valence-corrected chi connectivity index (χ3v) is 4.67. The molecule has 130 valence electrons. The van der Waals surface area contributed by atoms with Crippen molar-refractivity contribution in [2.45, 2.75) is 38.8 Å². The highest BCUT2D eigenvalue weighted by Gasteiger charge is 2.23. The molecule has 2 N–H and O–H groups in total. The van der Waals surface area contributed by atoms with E-state index in [2.05, 4.69) is 20.4 Å². The van der Waals surface area contributed by atoms with Crippen LogP contribution in [0.5, 0.6) is 0 Å². The lowest BCUT2D eigenvalue weighted by molar-refractivity contribution is -0.123. The minimum atomic E-state index is -0.670. The molecule has 2 amide bonds. The molecule has 2 atom stereocenters. The minimum absolute atomic E-state index is 0.305. The van der Waals surface area contributed by atoms with Gasteiger partial charge in [0.2, 0.25) is 5.91 Å². The molecular weight excluding hydrogens is 333 g/mol. The van der Waals surface area contributed by atoms with Gasteiger partial charge in [-0.15, -0.1) is 11.3 Å². The molecule has 0 bridgehead atoms. The highest BCUT2D eigenvalue weighted by molar-refractivity contribution is 7.18. The van der Waals surface area contributed by atoms with E-state index in [0.717, 1.165) is 11.1 Å². The molecule has 1 aromatic heterocycles. The largest absolute Gasteiger partial charge is 0.453 e. The Balaban J connectivity index is 2.08. The predicted molar refractivity (Wildman–Crippen MR) is 90.4 cm³/mol. The maximum absolute atomic E-state index is 13.3. The van der Waals surface area contributed by atoms with Crippen LogP contribution >= 0.6 is 11.3 Å². The number of carbonyl (C=O) groups excluding carboxylic acids is 2. The summed E-state index contributed by atoms with van der Waals surface area (Å²) in [5.41, 5.74) is 0.690. The Morgan fingerprint density at radius 3 is 2.79 bits per heavy atom. The van der Waals surface area contributed by atoms with E-state index >= 15 is 0 Å². The minimum Gasteiger partial charge on any atom is -0.453 e. The van der Waals surface area contributed by atoms with Crippen LogP contribution in [0, 0.1) is 5.82 Å². The van der Waals surface area contributed by atoms with E-state index in [-0.39, 0.29) is 17.8 Å². The second-order valence-corrected chi connectivity index (χ2v) is 6.43. The van der Waals surface area contributed by atoms with Crippen molar-refractivity contribution in [1.29, 1.82) is 0 Å². The van der Waals surface area contributed by atoms with Crippen molar-refractivity contribution in [3.63, 3.8) is 0 Å². The van der Waals surface area contributed by atoms with Gasteiger partial charge in [-0.2, -0.15) is 0 Å². The predicted octanol–water partition coefficient (Wildman–Crippen LogP) is 3.14. The lowest BCUT2D eigenvalue weighted by atomic mass is 10.1. The summed E-state index contributed by atoms with van der Waals surface area (Å²) in [5, 5.41) is 6.03. The molecule has 2 aromatic rings. The van der Waals surface area contributed by atoms with E-state index in [4.69, 9.17) is 0 Å². The second-order valence-electron chi connectivity index (χ2n) is 5.37. The van der Waals surface area contributed by atoms with Crippen molar-refractivity contribution in [2.24, 2.45) is 0 Å². The van der Waals surface area contributed by atoms with Crippen molar-refractivity contribution < 1.29 is 18.7 Å². The highest BCUT2D eigenvalue weighted by atomic mass is 32.1. The third-order valence-electron chi connectivity index (χ3n) is 3.47. The Labute approximate surface area is 143 Å². The molecule has 0 unspecified atom stereocenters. The van der Waals surface area contributed by atoms with Gasteiger partial charge in [0.25, 0.3) is 0 Å². The zero-order valence-corrected chi connectivity index (χ0v) is 14.6. The van der Waals surface area contributed by atoms with Crippen LogP contribution in [0.4, 0.5) is 9.18 Å². The lowest BCUT2D eigenvalue weighted by Gasteiger charge is -2.19. The summed E-state index contributed by atoms with van der Waals surface area (Å²) in [5.74, 6) is -0.625. The first-order valence-corrected chi connectivity index (χ1v) is 8.47. The van der Waals surface area contributed by atoms with Gasteiger partial charge in [0, 0.05) is 0 Å². The SMILES string of the molecule is CCC[C@H](NC(=O)OC)C(=O)N[C@H](C)c1nc2ccc(F)cc2s1. The number of methoxy groups -OCH3 is 1. The number of rotatable bonds is 6. The Kier molecular flexibility index (Phi) is 6.08.